The third-order valence-corrected chi connectivity index (χ3v) is 8.31. The van der Waals surface area contributed by atoms with Gasteiger partial charge in [0.2, 0.25) is 0 Å². The minimum absolute atomic E-state index is 0. The first kappa shape index (κ1) is 34.2. The molecule has 5 aromatic rings. The molecule has 3 aromatic carbocycles. The predicted molar refractivity (Wildman–Crippen MR) is 177 cm³/mol. The number of ketones is 1. The normalized spacial score (nSPS) is 12.1. The van der Waals surface area contributed by atoms with Crippen molar-refractivity contribution in [1.29, 1.82) is 0 Å². The van der Waals surface area contributed by atoms with Crippen LogP contribution in [0, 0.1) is 17.9 Å². The molecule has 0 spiro atoms. The molecule has 0 amide bonds. The molecule has 1 N–H and O–H groups in total. The first-order chi connectivity index (χ1) is 20.1. The zero-order chi connectivity index (χ0) is 30.4. The summed E-state index contributed by atoms with van der Waals surface area (Å²) >= 11 is 0. The number of nitrogens with zero attached hydrogens (tertiary/aromatic N) is 2. The van der Waals surface area contributed by atoms with Crippen molar-refractivity contribution in [2.45, 2.75) is 79.6 Å². The molecule has 0 bridgehead atoms. The van der Waals surface area contributed by atoms with Gasteiger partial charge in [-0.05, 0) is 48.6 Å². The number of para-hydroxylation sites is 1. The Morgan fingerprint density at radius 1 is 0.907 bits per heavy atom. The Balaban J connectivity index is 0.000000274. The Bertz CT molecular complexity index is 1700. The number of rotatable bonds is 8. The van der Waals surface area contributed by atoms with Gasteiger partial charge in [-0.15, -0.1) is 29.1 Å². The van der Waals surface area contributed by atoms with Crippen LogP contribution >= 0.6 is 0 Å². The van der Waals surface area contributed by atoms with Gasteiger partial charge in [-0.25, -0.2) is 0 Å². The van der Waals surface area contributed by atoms with Gasteiger partial charge in [0.15, 0.2) is 5.78 Å². The summed E-state index contributed by atoms with van der Waals surface area (Å²) < 4.78 is 2.24. The Hall–Kier alpha value is -3.27. The minimum Gasteiger partial charge on any atom is -0.512 e. The van der Waals surface area contributed by atoms with E-state index < -0.39 is 0 Å². The molecule has 4 nitrogen and oxygen atoms in total. The summed E-state index contributed by atoms with van der Waals surface area (Å²) in [6, 6.07) is 27.1. The quantitative estimate of drug-likeness (QED) is 0.0976. The zero-order valence-electron chi connectivity index (χ0n) is 26.6. The molecule has 0 aliphatic rings. The fourth-order valence-electron chi connectivity index (χ4n) is 5.68. The van der Waals surface area contributed by atoms with Crippen molar-refractivity contribution in [3.05, 3.63) is 96.4 Å². The number of carbonyl (C=O) groups is 1. The number of aromatic nitrogens is 2. The van der Waals surface area contributed by atoms with E-state index >= 15 is 0 Å². The van der Waals surface area contributed by atoms with Crippen LogP contribution in [-0.4, -0.2) is 20.3 Å². The van der Waals surface area contributed by atoms with Gasteiger partial charge in [-0.1, -0.05) is 102 Å². The van der Waals surface area contributed by atoms with Crippen LogP contribution in [-0.2, 0) is 30.3 Å². The van der Waals surface area contributed by atoms with E-state index in [2.05, 4.69) is 98.0 Å². The summed E-state index contributed by atoms with van der Waals surface area (Å²) in [4.78, 5) is 16.5. The second-order valence-corrected chi connectivity index (χ2v) is 12.1. The SMILES string of the molecule is CC(C)(C)c1cc(-c2ncc3ccc4ccccc4n23)[c-]c2ccccc12.CCC(CC)C(=O)/C=C(\O)C(CC)CC.[Ir]. The van der Waals surface area contributed by atoms with E-state index in [-0.39, 0.29) is 48.9 Å². The molecule has 0 atom stereocenters. The Morgan fingerprint density at radius 2 is 1.53 bits per heavy atom. The molecule has 0 unspecified atom stereocenters. The molecular weight excluding hydrogens is 709 g/mol. The number of fused-ring (bicyclic) bond motifs is 4. The van der Waals surface area contributed by atoms with Crippen molar-refractivity contribution in [1.82, 2.24) is 9.38 Å². The Kier molecular flexibility index (Phi) is 11.9. The predicted octanol–water partition coefficient (Wildman–Crippen LogP) is 10.3. The van der Waals surface area contributed by atoms with Gasteiger partial charge in [0.05, 0.1) is 17.1 Å². The van der Waals surface area contributed by atoms with Crippen LogP contribution in [0.3, 0.4) is 0 Å². The van der Waals surface area contributed by atoms with Crippen molar-refractivity contribution in [3.8, 4) is 11.4 Å². The first-order valence-electron chi connectivity index (χ1n) is 15.4. The van der Waals surface area contributed by atoms with E-state index in [1.54, 1.807) is 0 Å². The van der Waals surface area contributed by atoms with Crippen LogP contribution in [0.25, 0.3) is 38.6 Å². The summed E-state index contributed by atoms with van der Waals surface area (Å²) in [5.41, 5.74) is 4.67. The van der Waals surface area contributed by atoms with E-state index in [0.717, 1.165) is 48.0 Å². The van der Waals surface area contributed by atoms with Crippen molar-refractivity contribution < 1.29 is 30.0 Å². The monoisotopic (exact) mass is 754 g/mol. The summed E-state index contributed by atoms with van der Waals surface area (Å²) in [5, 5.41) is 13.4. The Labute approximate surface area is 270 Å². The van der Waals surface area contributed by atoms with Crippen LogP contribution in [0.2, 0.25) is 0 Å². The van der Waals surface area contributed by atoms with E-state index in [0.29, 0.717) is 0 Å². The van der Waals surface area contributed by atoms with Crippen LogP contribution in [0.4, 0.5) is 0 Å². The minimum atomic E-state index is 0. The van der Waals surface area contributed by atoms with Gasteiger partial charge < -0.3 is 9.51 Å². The smallest absolute Gasteiger partial charge is 0.162 e. The van der Waals surface area contributed by atoms with Crippen LogP contribution in [0.5, 0.6) is 0 Å². The van der Waals surface area contributed by atoms with Crippen LogP contribution in [0.15, 0.2) is 84.8 Å². The molecule has 5 rings (SSSR count). The molecule has 0 aliphatic heterocycles. The van der Waals surface area contributed by atoms with E-state index in [1.165, 1.54) is 27.9 Å². The number of aliphatic hydroxyl groups is 1. The fourth-order valence-corrected chi connectivity index (χ4v) is 5.68. The molecule has 0 saturated carbocycles. The van der Waals surface area contributed by atoms with Crippen molar-refractivity contribution in [3.63, 3.8) is 0 Å². The third kappa shape index (κ3) is 7.63. The molecule has 1 radical (unpaired) electrons. The van der Waals surface area contributed by atoms with Gasteiger partial charge in [0.25, 0.3) is 0 Å². The second kappa shape index (κ2) is 14.9. The molecule has 0 saturated heterocycles. The number of hydrogen-bond acceptors (Lipinski definition) is 3. The fraction of sp³-hybridized carbons (Fsp3) is 0.368. The largest absolute Gasteiger partial charge is 0.512 e. The molecule has 0 fully saturated rings. The number of hydrogen-bond donors (Lipinski definition) is 1. The summed E-state index contributed by atoms with van der Waals surface area (Å²) in [6.07, 6.45) is 6.85. The zero-order valence-corrected chi connectivity index (χ0v) is 29.0. The number of benzene rings is 3. The van der Waals surface area contributed by atoms with Gasteiger partial charge in [-0.2, -0.15) is 0 Å². The average molecular weight is 754 g/mol. The van der Waals surface area contributed by atoms with Crippen molar-refractivity contribution in [2.75, 3.05) is 0 Å². The van der Waals surface area contributed by atoms with Crippen LogP contribution in [0.1, 0.15) is 79.7 Å². The number of aliphatic hydroxyl groups excluding tert-OH is 1. The van der Waals surface area contributed by atoms with E-state index in [9.17, 15) is 9.90 Å². The van der Waals surface area contributed by atoms with E-state index in [4.69, 9.17) is 4.98 Å². The van der Waals surface area contributed by atoms with E-state index in [1.807, 2.05) is 33.9 Å². The van der Waals surface area contributed by atoms with Gasteiger partial charge in [-0.3, -0.25) is 9.78 Å². The Morgan fingerprint density at radius 3 is 2.19 bits per heavy atom. The standard InChI is InChI=1S/C25H21N2.C13H24O2.Ir/c1-25(2,3)22-15-19(14-18-9-4-6-10-21(18)22)24-26-16-20-13-12-17-8-5-7-11-23(17)27(20)24;1-5-10(6-2)12(14)9-13(15)11(7-3)8-4;/h4-13,15-16H,1-3H3;9-11,14H,5-8H2,1-4H3;/q-1;;/b;12-9-;. The molecule has 229 valence electrons. The summed E-state index contributed by atoms with van der Waals surface area (Å²) in [5.74, 6) is 1.49. The first-order valence-corrected chi connectivity index (χ1v) is 15.4. The number of pyridine rings is 1. The van der Waals surface area contributed by atoms with Crippen molar-refractivity contribution in [2.24, 2.45) is 11.8 Å². The van der Waals surface area contributed by atoms with Crippen LogP contribution < -0.4 is 0 Å². The molecule has 2 heterocycles. The molecule has 5 heteroatoms. The van der Waals surface area contributed by atoms with Gasteiger partial charge >= 0.3 is 0 Å². The summed E-state index contributed by atoms with van der Waals surface area (Å²) in [7, 11) is 0. The maximum Gasteiger partial charge on any atom is 0.162 e. The van der Waals surface area contributed by atoms with Crippen molar-refractivity contribution >= 4 is 33.0 Å². The summed E-state index contributed by atoms with van der Waals surface area (Å²) in [6.45, 7) is 14.9. The number of allylic oxidation sites excluding steroid dienone is 2. The number of carbonyl (C=O) groups excluding carboxylic acids is 1. The average Bonchev–Trinajstić information content (AvgIpc) is 3.42. The second-order valence-electron chi connectivity index (χ2n) is 12.1. The maximum absolute atomic E-state index is 11.7. The molecule has 0 aliphatic carbocycles. The number of imidazole rings is 1. The van der Waals surface area contributed by atoms with Gasteiger partial charge in [0.1, 0.15) is 0 Å². The molecular formula is C38H45IrN2O2-. The topological polar surface area (TPSA) is 54.6 Å². The van der Waals surface area contributed by atoms with Gasteiger partial charge in [0, 0.05) is 49.7 Å². The molecule has 2 aromatic heterocycles. The third-order valence-electron chi connectivity index (χ3n) is 8.31. The molecule has 43 heavy (non-hydrogen) atoms. The maximum atomic E-state index is 11.7.